The number of hydrogen-bond donors (Lipinski definition) is 3. The predicted molar refractivity (Wildman–Crippen MR) is 142 cm³/mol. The van der Waals surface area contributed by atoms with Gasteiger partial charge in [0.25, 0.3) is 0 Å². The van der Waals surface area contributed by atoms with Gasteiger partial charge in [-0.05, 0) is 38.3 Å². The van der Waals surface area contributed by atoms with Crippen LogP contribution in [-0.2, 0) is 27.4 Å². The van der Waals surface area contributed by atoms with Crippen LogP contribution in [0.4, 0.5) is 4.79 Å². The number of hydrogen-bond acceptors (Lipinski definition) is 7. The first-order valence-electron chi connectivity index (χ1n) is 12.9. The van der Waals surface area contributed by atoms with E-state index in [2.05, 4.69) is 20.8 Å². The quantitative estimate of drug-likeness (QED) is 0.374. The number of fused-ring (bicyclic) bond motifs is 1. The lowest BCUT2D eigenvalue weighted by Crippen LogP contribution is -2.51. The van der Waals surface area contributed by atoms with Gasteiger partial charge in [0.15, 0.2) is 5.82 Å². The van der Waals surface area contributed by atoms with Crippen molar-refractivity contribution in [2.45, 2.75) is 63.9 Å². The molecule has 10 heteroatoms. The molecule has 202 valence electrons. The second-order valence-corrected chi connectivity index (χ2v) is 9.96. The van der Waals surface area contributed by atoms with E-state index >= 15 is 0 Å². The number of amides is 2. The lowest BCUT2D eigenvalue weighted by molar-refractivity contribution is -0.126. The Labute approximate surface area is 222 Å². The lowest BCUT2D eigenvalue weighted by atomic mass is 9.86. The number of carbonyl (C=O) groups excluding carboxylic acids is 2. The minimum absolute atomic E-state index is 0.190. The fraction of sp³-hybridized carbons (Fsp3) is 0.429. The van der Waals surface area contributed by atoms with E-state index in [4.69, 9.17) is 15.2 Å². The number of benzene rings is 2. The monoisotopic (exact) mass is 520 g/mol. The normalized spacial score (nSPS) is 17.8. The first kappa shape index (κ1) is 27.3. The maximum absolute atomic E-state index is 12.9. The average molecular weight is 521 g/mol. The molecule has 0 saturated carbocycles. The van der Waals surface area contributed by atoms with Gasteiger partial charge in [0.1, 0.15) is 11.9 Å². The van der Waals surface area contributed by atoms with E-state index < -0.39 is 17.7 Å². The fourth-order valence-electron chi connectivity index (χ4n) is 4.57. The number of nitrogens with zero attached hydrogens (tertiary/aromatic N) is 3. The van der Waals surface area contributed by atoms with Crippen molar-refractivity contribution in [3.8, 4) is 0 Å². The molecule has 0 saturated heterocycles. The van der Waals surface area contributed by atoms with Gasteiger partial charge in [-0.2, -0.15) is 0 Å². The molecule has 0 spiro atoms. The van der Waals surface area contributed by atoms with Crippen molar-refractivity contribution >= 4 is 12.0 Å². The van der Waals surface area contributed by atoms with Crippen molar-refractivity contribution in [3.05, 3.63) is 83.4 Å². The molecule has 3 aromatic rings. The van der Waals surface area contributed by atoms with E-state index in [-0.39, 0.29) is 31.1 Å². The molecular formula is C28H36N6O4. The fourth-order valence-corrected chi connectivity index (χ4v) is 4.57. The molecule has 2 heterocycles. The van der Waals surface area contributed by atoms with Crippen molar-refractivity contribution in [1.82, 2.24) is 25.4 Å². The maximum Gasteiger partial charge on any atom is 0.407 e. The van der Waals surface area contributed by atoms with E-state index in [0.717, 1.165) is 11.1 Å². The van der Waals surface area contributed by atoms with Crippen LogP contribution in [0, 0.1) is 0 Å². The zero-order valence-electron chi connectivity index (χ0n) is 22.1. The molecule has 3 atom stereocenters. The molecule has 0 fully saturated rings. The van der Waals surface area contributed by atoms with Crippen LogP contribution in [0.15, 0.2) is 60.7 Å². The van der Waals surface area contributed by atoms with Crippen LogP contribution in [0.2, 0.25) is 0 Å². The van der Waals surface area contributed by atoms with E-state index in [1.54, 1.807) is 20.8 Å². The van der Waals surface area contributed by atoms with Crippen molar-refractivity contribution in [2.75, 3.05) is 13.2 Å². The summed E-state index contributed by atoms with van der Waals surface area (Å²) in [6, 6.07) is 18.9. The molecule has 4 N–H and O–H groups in total. The van der Waals surface area contributed by atoms with E-state index in [9.17, 15) is 9.59 Å². The number of nitrogens with one attached hydrogen (secondary N) is 2. The second kappa shape index (κ2) is 12.2. The maximum atomic E-state index is 12.9. The number of alkyl carbamates (subject to hydrolysis) is 1. The van der Waals surface area contributed by atoms with Crippen LogP contribution < -0.4 is 16.4 Å². The molecule has 1 aliphatic heterocycles. The topological polar surface area (TPSA) is 133 Å². The molecule has 38 heavy (non-hydrogen) atoms. The zero-order chi connectivity index (χ0) is 27.1. The molecular weight excluding hydrogens is 484 g/mol. The standard InChI is InChI=1S/C28H36N6O4/c1-4-38-27(36)31-21-15-16-34-24(32-33-25(34)23(21)20-13-9-6-10-14-20)22(30-26(35)28(2,3)29)18-37-17-19-11-7-5-8-12-19/h5-14,21-23H,4,15-18,29H2,1-3H3,(H,30,35)(H,31,36)/t21?,22-,23?/m1/s1. The first-order chi connectivity index (χ1) is 18.3. The molecule has 0 aliphatic carbocycles. The summed E-state index contributed by atoms with van der Waals surface area (Å²) in [6.45, 7) is 6.50. The smallest absolute Gasteiger partial charge is 0.407 e. The third-order valence-corrected chi connectivity index (χ3v) is 6.49. The number of nitrogens with two attached hydrogens (primary N) is 1. The lowest BCUT2D eigenvalue weighted by Gasteiger charge is -2.33. The summed E-state index contributed by atoms with van der Waals surface area (Å²) in [4.78, 5) is 25.2. The van der Waals surface area contributed by atoms with Gasteiger partial charge in [-0.15, -0.1) is 10.2 Å². The molecule has 4 rings (SSSR count). The molecule has 0 radical (unpaired) electrons. The minimum atomic E-state index is -1.08. The first-order valence-corrected chi connectivity index (χ1v) is 12.9. The Bertz CT molecular complexity index is 1210. The zero-order valence-corrected chi connectivity index (χ0v) is 22.1. The summed E-state index contributed by atoms with van der Waals surface area (Å²) >= 11 is 0. The largest absolute Gasteiger partial charge is 0.450 e. The third kappa shape index (κ3) is 6.56. The van der Waals surface area contributed by atoms with Crippen molar-refractivity contribution < 1.29 is 19.1 Å². The van der Waals surface area contributed by atoms with Gasteiger partial charge in [0.2, 0.25) is 5.91 Å². The van der Waals surface area contributed by atoms with Gasteiger partial charge in [-0.1, -0.05) is 60.7 Å². The van der Waals surface area contributed by atoms with Crippen molar-refractivity contribution in [2.24, 2.45) is 5.73 Å². The van der Waals surface area contributed by atoms with Gasteiger partial charge < -0.3 is 30.4 Å². The Kier molecular flexibility index (Phi) is 8.75. The Morgan fingerprint density at radius 2 is 1.79 bits per heavy atom. The Hall–Kier alpha value is -3.76. The van der Waals surface area contributed by atoms with Gasteiger partial charge in [-0.3, -0.25) is 4.79 Å². The molecule has 2 amide bonds. The third-order valence-electron chi connectivity index (χ3n) is 6.49. The van der Waals surface area contributed by atoms with Crippen LogP contribution in [0.3, 0.4) is 0 Å². The molecule has 1 aromatic heterocycles. The second-order valence-electron chi connectivity index (χ2n) is 9.96. The van der Waals surface area contributed by atoms with Crippen molar-refractivity contribution in [3.63, 3.8) is 0 Å². The van der Waals surface area contributed by atoms with Gasteiger partial charge in [0.05, 0.1) is 31.3 Å². The molecule has 1 aliphatic rings. The summed E-state index contributed by atoms with van der Waals surface area (Å²) in [5.41, 5.74) is 7.02. The molecule has 0 bridgehead atoms. The number of rotatable bonds is 10. The summed E-state index contributed by atoms with van der Waals surface area (Å²) in [5, 5.41) is 15.1. The summed E-state index contributed by atoms with van der Waals surface area (Å²) < 4.78 is 13.2. The highest BCUT2D eigenvalue weighted by Crippen LogP contribution is 2.34. The highest BCUT2D eigenvalue weighted by atomic mass is 16.5. The van der Waals surface area contributed by atoms with Crippen LogP contribution in [0.5, 0.6) is 0 Å². The Morgan fingerprint density at radius 3 is 2.45 bits per heavy atom. The number of carbonyl (C=O) groups is 2. The Morgan fingerprint density at radius 1 is 1.11 bits per heavy atom. The predicted octanol–water partition coefficient (Wildman–Crippen LogP) is 3.04. The highest BCUT2D eigenvalue weighted by Gasteiger charge is 2.38. The number of aromatic nitrogens is 3. The summed E-state index contributed by atoms with van der Waals surface area (Å²) in [7, 11) is 0. The number of ether oxygens (including phenoxy) is 2. The van der Waals surface area contributed by atoms with Crippen LogP contribution in [-0.4, -0.2) is 51.6 Å². The highest BCUT2D eigenvalue weighted by molar-refractivity contribution is 5.85. The van der Waals surface area contributed by atoms with Crippen LogP contribution >= 0.6 is 0 Å². The van der Waals surface area contributed by atoms with Gasteiger partial charge >= 0.3 is 6.09 Å². The van der Waals surface area contributed by atoms with Crippen LogP contribution in [0.1, 0.15) is 61.9 Å². The van der Waals surface area contributed by atoms with E-state index in [1.165, 1.54) is 0 Å². The summed E-state index contributed by atoms with van der Waals surface area (Å²) in [5.74, 6) is 0.721. The van der Waals surface area contributed by atoms with Crippen molar-refractivity contribution in [1.29, 1.82) is 0 Å². The van der Waals surface area contributed by atoms with Crippen LogP contribution in [0.25, 0.3) is 0 Å². The molecule has 2 aromatic carbocycles. The average Bonchev–Trinajstić information content (AvgIpc) is 3.32. The molecule has 2 unspecified atom stereocenters. The van der Waals surface area contributed by atoms with Gasteiger partial charge in [-0.25, -0.2) is 4.79 Å². The SMILES string of the molecule is CCOC(=O)NC1CCn2c(nnc2[C@@H](COCc2ccccc2)NC(=O)C(C)(C)N)C1c1ccccc1. The van der Waals surface area contributed by atoms with E-state index in [1.807, 2.05) is 65.2 Å². The molecule has 10 nitrogen and oxygen atoms in total. The summed E-state index contributed by atoms with van der Waals surface area (Å²) in [6.07, 6.45) is 0.167. The minimum Gasteiger partial charge on any atom is -0.450 e. The Balaban J connectivity index is 1.63. The van der Waals surface area contributed by atoms with Gasteiger partial charge in [0, 0.05) is 12.6 Å². The van der Waals surface area contributed by atoms with E-state index in [0.29, 0.717) is 31.2 Å².